The first-order valence-electron chi connectivity index (χ1n) is 10.2. The van der Waals surface area contributed by atoms with E-state index in [1.54, 1.807) is 24.3 Å². The summed E-state index contributed by atoms with van der Waals surface area (Å²) in [6.07, 6.45) is 2.99. The van der Waals surface area contributed by atoms with Crippen molar-refractivity contribution in [2.24, 2.45) is 10.8 Å². The summed E-state index contributed by atoms with van der Waals surface area (Å²) in [7, 11) is 0. The second kappa shape index (κ2) is 6.90. The molecule has 2 N–H and O–H groups in total. The number of rotatable bonds is 2. The van der Waals surface area contributed by atoms with Gasteiger partial charge in [0.1, 0.15) is 0 Å². The van der Waals surface area contributed by atoms with Gasteiger partial charge in [0.25, 0.3) is 0 Å². The number of hydrogen-bond acceptors (Lipinski definition) is 3. The van der Waals surface area contributed by atoms with E-state index in [1.807, 2.05) is 35.2 Å². The molecule has 1 saturated carbocycles. The maximum atomic E-state index is 13.5. The van der Waals surface area contributed by atoms with Crippen molar-refractivity contribution in [3.63, 3.8) is 0 Å². The number of carbonyl (C=O) groups is 2. The normalized spacial score (nSPS) is 24.9. The number of nitrogens with two attached hydrogens (primary N) is 1. The van der Waals surface area contributed by atoms with Crippen LogP contribution in [0.2, 0.25) is 0 Å². The minimum Gasteiger partial charge on any atom is -0.399 e. The highest BCUT2D eigenvalue weighted by Gasteiger charge is 2.52. The first-order valence-corrected chi connectivity index (χ1v) is 10.2. The predicted octanol–water partition coefficient (Wildman–Crippen LogP) is 4.36. The molecule has 1 heterocycles. The molecule has 1 aliphatic heterocycles. The zero-order chi connectivity index (χ0) is 20.8. The van der Waals surface area contributed by atoms with Gasteiger partial charge in [0.05, 0.1) is 0 Å². The third-order valence-electron chi connectivity index (χ3n) is 6.23. The number of para-hydroxylation sites is 1. The summed E-state index contributed by atoms with van der Waals surface area (Å²) < 4.78 is 0. The summed E-state index contributed by atoms with van der Waals surface area (Å²) >= 11 is 0. The summed E-state index contributed by atoms with van der Waals surface area (Å²) in [5.74, 6) is -0.938. The van der Waals surface area contributed by atoms with E-state index in [0.29, 0.717) is 23.6 Å². The van der Waals surface area contributed by atoms with E-state index in [1.165, 1.54) is 4.90 Å². The van der Waals surface area contributed by atoms with Crippen LogP contribution in [0.1, 0.15) is 40.0 Å². The Bertz CT molecular complexity index is 923. The van der Waals surface area contributed by atoms with Crippen molar-refractivity contribution in [1.82, 2.24) is 4.90 Å². The number of hydrogen-bond donors (Lipinski definition) is 1. The van der Waals surface area contributed by atoms with Gasteiger partial charge >= 0.3 is 11.8 Å². The fourth-order valence-corrected chi connectivity index (χ4v) is 5.50. The predicted molar refractivity (Wildman–Crippen MR) is 116 cm³/mol. The molecule has 2 bridgehead atoms. The topological polar surface area (TPSA) is 66.6 Å². The number of amides is 2. The number of likely N-dealkylation sites (tertiary alicyclic amines) is 1. The minimum absolute atomic E-state index is 0.0845. The third kappa shape index (κ3) is 3.74. The summed E-state index contributed by atoms with van der Waals surface area (Å²) in [6, 6.07) is 16.5. The molecule has 0 aromatic heterocycles. The Balaban J connectivity index is 1.66. The Morgan fingerprint density at radius 2 is 1.59 bits per heavy atom. The van der Waals surface area contributed by atoms with E-state index in [0.717, 1.165) is 19.3 Å². The number of benzene rings is 2. The van der Waals surface area contributed by atoms with E-state index in [2.05, 4.69) is 20.8 Å². The van der Waals surface area contributed by atoms with Gasteiger partial charge in [-0.3, -0.25) is 14.5 Å². The number of fused-ring (bicyclic) bond motifs is 2. The lowest BCUT2D eigenvalue weighted by Gasteiger charge is -2.39. The van der Waals surface area contributed by atoms with Gasteiger partial charge in [0.2, 0.25) is 0 Å². The zero-order valence-electron chi connectivity index (χ0n) is 17.4. The highest BCUT2D eigenvalue weighted by Crippen LogP contribution is 2.52. The molecule has 2 fully saturated rings. The Kier molecular flexibility index (Phi) is 4.64. The number of carbonyl (C=O) groups excluding carboxylic acids is 2. The maximum absolute atomic E-state index is 13.5. The molecule has 0 spiro atoms. The second-order valence-corrected chi connectivity index (χ2v) is 9.71. The first kappa shape index (κ1) is 19.5. The molecular weight excluding hydrogens is 362 g/mol. The molecule has 2 aliphatic rings. The van der Waals surface area contributed by atoms with Gasteiger partial charge in [-0.05, 0) is 66.5 Å². The van der Waals surface area contributed by atoms with Crippen LogP contribution in [0.5, 0.6) is 0 Å². The van der Waals surface area contributed by atoms with E-state index in [9.17, 15) is 9.59 Å². The first-order chi connectivity index (χ1) is 13.7. The molecule has 2 aromatic carbocycles. The van der Waals surface area contributed by atoms with Crippen LogP contribution < -0.4 is 10.6 Å². The molecule has 0 radical (unpaired) electrons. The monoisotopic (exact) mass is 391 g/mol. The smallest absolute Gasteiger partial charge is 0.321 e. The van der Waals surface area contributed by atoms with Crippen molar-refractivity contribution < 1.29 is 9.59 Å². The van der Waals surface area contributed by atoms with E-state index in [-0.39, 0.29) is 16.9 Å². The van der Waals surface area contributed by atoms with Crippen LogP contribution in [-0.4, -0.2) is 29.3 Å². The molecular formula is C24H29N3O2. The molecule has 5 heteroatoms. The summed E-state index contributed by atoms with van der Waals surface area (Å²) in [6.45, 7) is 7.42. The van der Waals surface area contributed by atoms with Gasteiger partial charge in [0, 0.05) is 29.6 Å². The molecule has 29 heavy (non-hydrogen) atoms. The number of anilines is 3. The number of nitrogens with zero attached hydrogens (tertiary/aromatic N) is 2. The lowest BCUT2D eigenvalue weighted by atomic mass is 9.65. The van der Waals surface area contributed by atoms with Crippen molar-refractivity contribution in [3.05, 3.63) is 54.6 Å². The average molecular weight is 392 g/mol. The highest BCUT2D eigenvalue weighted by atomic mass is 16.2. The largest absolute Gasteiger partial charge is 0.399 e. The van der Waals surface area contributed by atoms with Crippen LogP contribution in [0.25, 0.3) is 0 Å². The van der Waals surface area contributed by atoms with Gasteiger partial charge in [0.15, 0.2) is 0 Å². The van der Waals surface area contributed by atoms with E-state index >= 15 is 0 Å². The van der Waals surface area contributed by atoms with Crippen LogP contribution in [0, 0.1) is 10.8 Å². The molecule has 1 saturated heterocycles. The van der Waals surface area contributed by atoms with Crippen molar-refractivity contribution in [3.8, 4) is 0 Å². The SMILES string of the molecule is CC1(C)CC2CC(C)(CN2C(=O)C(=O)N(c2ccccc2)c2ccc(N)cc2)C1. The summed E-state index contributed by atoms with van der Waals surface area (Å²) in [5, 5.41) is 0. The van der Waals surface area contributed by atoms with Gasteiger partial charge in [-0.1, -0.05) is 39.0 Å². The van der Waals surface area contributed by atoms with Gasteiger partial charge in [-0.2, -0.15) is 0 Å². The Hall–Kier alpha value is -2.82. The fraction of sp³-hybridized carbons (Fsp3) is 0.417. The molecule has 4 rings (SSSR count). The Morgan fingerprint density at radius 3 is 2.24 bits per heavy atom. The van der Waals surface area contributed by atoms with Gasteiger partial charge < -0.3 is 10.6 Å². The van der Waals surface area contributed by atoms with Crippen LogP contribution in [0.3, 0.4) is 0 Å². The van der Waals surface area contributed by atoms with E-state index in [4.69, 9.17) is 5.73 Å². The van der Waals surface area contributed by atoms with Crippen LogP contribution in [0.4, 0.5) is 17.1 Å². The molecule has 2 atom stereocenters. The van der Waals surface area contributed by atoms with Crippen molar-refractivity contribution >= 4 is 28.9 Å². The maximum Gasteiger partial charge on any atom is 0.321 e. The molecule has 152 valence electrons. The average Bonchev–Trinajstić information content (AvgIpc) is 2.92. The molecule has 5 nitrogen and oxygen atoms in total. The standard InChI is InChI=1S/C24H29N3O2/c1-23(2)13-20-14-24(3,15-23)16-26(20)21(28)22(29)27(18-7-5-4-6-8-18)19-11-9-17(25)10-12-19/h4-12,20H,13-16,25H2,1-3H3. The van der Waals surface area contributed by atoms with Gasteiger partial charge in [-0.15, -0.1) is 0 Å². The summed E-state index contributed by atoms with van der Waals surface area (Å²) in [5.41, 5.74) is 8.01. The Labute approximate surface area is 172 Å². The summed E-state index contributed by atoms with van der Waals surface area (Å²) in [4.78, 5) is 30.2. The Morgan fingerprint density at radius 1 is 0.966 bits per heavy atom. The van der Waals surface area contributed by atoms with Crippen LogP contribution in [0.15, 0.2) is 54.6 Å². The minimum atomic E-state index is -0.519. The zero-order valence-corrected chi connectivity index (χ0v) is 17.4. The second-order valence-electron chi connectivity index (χ2n) is 9.71. The van der Waals surface area contributed by atoms with Crippen LogP contribution >= 0.6 is 0 Å². The van der Waals surface area contributed by atoms with Crippen molar-refractivity contribution in [2.45, 2.75) is 46.1 Å². The highest BCUT2D eigenvalue weighted by molar-refractivity contribution is 6.42. The molecule has 2 unspecified atom stereocenters. The number of nitrogen functional groups attached to an aromatic ring is 1. The van der Waals surface area contributed by atoms with Crippen LogP contribution in [-0.2, 0) is 9.59 Å². The molecule has 2 aromatic rings. The van der Waals surface area contributed by atoms with E-state index < -0.39 is 11.8 Å². The molecule has 2 amide bonds. The van der Waals surface area contributed by atoms with Gasteiger partial charge in [-0.25, -0.2) is 0 Å². The lowest BCUT2D eigenvalue weighted by Crippen LogP contribution is -2.46. The van der Waals surface area contributed by atoms with Crippen molar-refractivity contribution in [1.29, 1.82) is 0 Å². The third-order valence-corrected chi connectivity index (χ3v) is 6.23. The lowest BCUT2D eigenvalue weighted by molar-refractivity contribution is -0.144. The fourth-order valence-electron chi connectivity index (χ4n) is 5.50. The quantitative estimate of drug-likeness (QED) is 0.611. The van der Waals surface area contributed by atoms with Crippen molar-refractivity contribution in [2.75, 3.05) is 17.2 Å². The molecule has 1 aliphatic carbocycles.